The maximum atomic E-state index is 12.9. The first kappa shape index (κ1) is 14.9. The molecule has 1 fully saturated rings. The maximum Gasteiger partial charge on any atom is 0.310 e. The van der Waals surface area contributed by atoms with Gasteiger partial charge in [-0.25, -0.2) is 0 Å². The standard InChI is InChI=1S/C17H16N2O5/c20-13-7-6-12(15(21)18-13)19-11-5-4-9(17(23)24)8-2-1-3-10(14(8)11)16(19)22/h1-3,9,11-12H,4-7H2,(H,23,24)(H,18,20,21). The zero-order valence-corrected chi connectivity index (χ0v) is 12.8. The van der Waals surface area contributed by atoms with Gasteiger partial charge in [-0.15, -0.1) is 0 Å². The van der Waals surface area contributed by atoms with Crippen LogP contribution in [-0.4, -0.2) is 39.7 Å². The zero-order valence-electron chi connectivity index (χ0n) is 12.8. The first-order valence-electron chi connectivity index (χ1n) is 8.01. The minimum absolute atomic E-state index is 0.202. The molecule has 0 aromatic heterocycles. The molecule has 3 aliphatic rings. The van der Waals surface area contributed by atoms with Gasteiger partial charge in [-0.3, -0.25) is 24.5 Å². The summed E-state index contributed by atoms with van der Waals surface area (Å²) in [6, 6.07) is 4.17. The molecule has 2 N–H and O–H groups in total. The van der Waals surface area contributed by atoms with E-state index in [1.165, 1.54) is 0 Å². The Bertz CT molecular complexity index is 787. The van der Waals surface area contributed by atoms with Gasteiger partial charge in [-0.1, -0.05) is 12.1 Å². The summed E-state index contributed by atoms with van der Waals surface area (Å²) in [5, 5.41) is 11.7. The fraction of sp³-hybridized carbons (Fsp3) is 0.412. The third-order valence-electron chi connectivity index (χ3n) is 5.22. The Morgan fingerprint density at radius 3 is 2.62 bits per heavy atom. The number of aliphatic carboxylic acids is 1. The SMILES string of the molecule is O=C1CCC(N2C(=O)c3cccc4c3C2CCC4C(=O)O)C(=O)N1. The van der Waals surface area contributed by atoms with Gasteiger partial charge in [0.1, 0.15) is 6.04 Å². The van der Waals surface area contributed by atoms with E-state index in [4.69, 9.17) is 0 Å². The number of nitrogens with zero attached hydrogens (tertiary/aromatic N) is 1. The number of benzene rings is 1. The van der Waals surface area contributed by atoms with Crippen molar-refractivity contribution in [2.45, 2.75) is 43.7 Å². The molecule has 3 amide bonds. The fourth-order valence-electron chi connectivity index (χ4n) is 4.19. The first-order valence-corrected chi connectivity index (χ1v) is 8.01. The monoisotopic (exact) mass is 328 g/mol. The second-order valence-electron chi connectivity index (χ2n) is 6.47. The number of carbonyl (C=O) groups is 4. The first-order chi connectivity index (χ1) is 11.5. The number of carbonyl (C=O) groups excluding carboxylic acids is 3. The largest absolute Gasteiger partial charge is 0.481 e. The summed E-state index contributed by atoms with van der Waals surface area (Å²) in [7, 11) is 0. The van der Waals surface area contributed by atoms with Gasteiger partial charge in [0.25, 0.3) is 5.91 Å². The molecule has 1 aliphatic carbocycles. The van der Waals surface area contributed by atoms with Crippen molar-refractivity contribution in [3.05, 3.63) is 34.9 Å². The summed E-state index contributed by atoms with van der Waals surface area (Å²) in [5.74, 6) is -2.54. The van der Waals surface area contributed by atoms with Gasteiger partial charge in [-0.05, 0) is 36.5 Å². The summed E-state index contributed by atoms with van der Waals surface area (Å²) in [5.41, 5.74) is 1.89. The predicted molar refractivity (Wildman–Crippen MR) is 81.1 cm³/mol. The molecule has 7 heteroatoms. The number of carboxylic acids is 1. The molecule has 1 saturated heterocycles. The molecule has 3 unspecified atom stereocenters. The van der Waals surface area contributed by atoms with E-state index < -0.39 is 23.8 Å². The molecule has 7 nitrogen and oxygen atoms in total. The summed E-state index contributed by atoms with van der Waals surface area (Å²) in [4.78, 5) is 49.5. The highest BCUT2D eigenvalue weighted by Gasteiger charge is 2.48. The van der Waals surface area contributed by atoms with Crippen LogP contribution >= 0.6 is 0 Å². The van der Waals surface area contributed by atoms with Crippen LogP contribution in [0.2, 0.25) is 0 Å². The Morgan fingerprint density at radius 2 is 1.92 bits per heavy atom. The number of imide groups is 1. The molecular formula is C17H16N2O5. The van der Waals surface area contributed by atoms with Gasteiger partial charge in [0.2, 0.25) is 11.8 Å². The number of carboxylic acid groups (broad SMARTS) is 1. The summed E-state index contributed by atoms with van der Waals surface area (Å²) >= 11 is 0. The highest BCUT2D eigenvalue weighted by atomic mass is 16.4. The van der Waals surface area contributed by atoms with Crippen molar-refractivity contribution >= 4 is 23.7 Å². The number of amides is 3. The highest BCUT2D eigenvalue weighted by Crippen LogP contribution is 2.48. The van der Waals surface area contributed by atoms with Gasteiger partial charge in [0.15, 0.2) is 0 Å². The predicted octanol–water partition coefficient (Wildman–Crippen LogP) is 0.951. The van der Waals surface area contributed by atoms with Crippen LogP contribution in [0.4, 0.5) is 0 Å². The molecule has 1 aromatic carbocycles. The van der Waals surface area contributed by atoms with Crippen LogP contribution in [0.25, 0.3) is 0 Å². The van der Waals surface area contributed by atoms with Crippen LogP contribution in [0.5, 0.6) is 0 Å². The normalized spacial score (nSPS) is 28.6. The van der Waals surface area contributed by atoms with Gasteiger partial charge >= 0.3 is 5.97 Å². The van der Waals surface area contributed by atoms with Crippen LogP contribution in [0, 0.1) is 0 Å². The molecule has 0 saturated carbocycles. The lowest BCUT2D eigenvalue weighted by atomic mass is 9.79. The number of hydrogen-bond acceptors (Lipinski definition) is 4. The van der Waals surface area contributed by atoms with Gasteiger partial charge < -0.3 is 10.0 Å². The fourth-order valence-corrected chi connectivity index (χ4v) is 4.19. The Balaban J connectivity index is 1.77. The second-order valence-corrected chi connectivity index (χ2v) is 6.47. The lowest BCUT2D eigenvalue weighted by Gasteiger charge is -2.37. The van der Waals surface area contributed by atoms with Gasteiger partial charge in [0.05, 0.1) is 12.0 Å². The molecule has 3 atom stereocenters. The lowest BCUT2D eigenvalue weighted by molar-refractivity contribution is -0.140. The quantitative estimate of drug-likeness (QED) is 0.787. The molecule has 0 radical (unpaired) electrons. The van der Waals surface area contributed by atoms with E-state index in [0.29, 0.717) is 30.4 Å². The molecule has 2 heterocycles. The number of nitrogens with one attached hydrogen (secondary N) is 1. The van der Waals surface area contributed by atoms with E-state index in [1.54, 1.807) is 23.1 Å². The van der Waals surface area contributed by atoms with Crippen molar-refractivity contribution in [1.82, 2.24) is 10.2 Å². The number of rotatable bonds is 2. The summed E-state index contributed by atoms with van der Waals surface area (Å²) < 4.78 is 0. The third kappa shape index (κ3) is 1.97. The molecule has 124 valence electrons. The van der Waals surface area contributed by atoms with Crippen LogP contribution in [-0.2, 0) is 14.4 Å². The van der Waals surface area contributed by atoms with Crippen molar-refractivity contribution in [1.29, 1.82) is 0 Å². The number of hydrogen-bond donors (Lipinski definition) is 2. The van der Waals surface area contributed by atoms with Crippen LogP contribution in [0.15, 0.2) is 18.2 Å². The van der Waals surface area contributed by atoms with Crippen molar-refractivity contribution in [2.24, 2.45) is 0 Å². The highest BCUT2D eigenvalue weighted by molar-refractivity contribution is 6.06. The van der Waals surface area contributed by atoms with Crippen LogP contribution in [0.3, 0.4) is 0 Å². The second kappa shape index (κ2) is 5.15. The topological polar surface area (TPSA) is 104 Å². The lowest BCUT2D eigenvalue weighted by Crippen LogP contribution is -2.53. The molecule has 1 aromatic rings. The Hall–Kier alpha value is -2.70. The summed E-state index contributed by atoms with van der Waals surface area (Å²) in [6.45, 7) is 0. The Kier molecular flexibility index (Phi) is 3.19. The molecule has 24 heavy (non-hydrogen) atoms. The van der Waals surface area contributed by atoms with E-state index in [-0.39, 0.29) is 24.3 Å². The minimum atomic E-state index is -0.895. The average molecular weight is 328 g/mol. The Morgan fingerprint density at radius 1 is 1.12 bits per heavy atom. The van der Waals surface area contributed by atoms with Crippen LogP contribution in [0.1, 0.15) is 59.1 Å². The van der Waals surface area contributed by atoms with E-state index in [2.05, 4.69) is 5.32 Å². The third-order valence-corrected chi connectivity index (χ3v) is 5.22. The molecule has 4 rings (SSSR count). The average Bonchev–Trinajstić information content (AvgIpc) is 2.82. The number of piperidine rings is 1. The van der Waals surface area contributed by atoms with Gasteiger partial charge in [0, 0.05) is 12.0 Å². The van der Waals surface area contributed by atoms with Crippen molar-refractivity contribution in [3.8, 4) is 0 Å². The van der Waals surface area contributed by atoms with E-state index >= 15 is 0 Å². The van der Waals surface area contributed by atoms with Crippen LogP contribution < -0.4 is 5.32 Å². The maximum absolute atomic E-state index is 12.9. The van der Waals surface area contributed by atoms with E-state index in [1.807, 2.05) is 0 Å². The molecule has 0 bridgehead atoms. The summed E-state index contributed by atoms with van der Waals surface area (Å²) in [6.07, 6.45) is 1.43. The molecular weight excluding hydrogens is 312 g/mol. The molecule has 2 aliphatic heterocycles. The zero-order chi connectivity index (χ0) is 17.0. The van der Waals surface area contributed by atoms with Crippen molar-refractivity contribution in [2.75, 3.05) is 0 Å². The smallest absolute Gasteiger partial charge is 0.310 e. The van der Waals surface area contributed by atoms with E-state index in [9.17, 15) is 24.3 Å². The molecule has 0 spiro atoms. The van der Waals surface area contributed by atoms with Gasteiger partial charge in [-0.2, -0.15) is 0 Å². The van der Waals surface area contributed by atoms with Crippen molar-refractivity contribution in [3.63, 3.8) is 0 Å². The van der Waals surface area contributed by atoms with E-state index in [0.717, 1.165) is 5.56 Å². The van der Waals surface area contributed by atoms with Crippen molar-refractivity contribution < 1.29 is 24.3 Å². The Labute approximate surface area is 137 Å². The minimum Gasteiger partial charge on any atom is -0.481 e.